The number of nitrogens with zero attached hydrogens (tertiary/aromatic N) is 2. The molecular formula is C24H24IrN2O2. The molecule has 0 saturated heterocycles. The number of aliphatic hydroxyl groups is 1. The Morgan fingerprint density at radius 3 is 2.10 bits per heavy atom. The molecule has 0 spiro atoms. The fraction of sp³-hybridized carbons (Fsp3) is 0.208. The maximum Gasteiger partial charge on any atom is 0.292 e. The van der Waals surface area contributed by atoms with Crippen molar-refractivity contribution in [1.29, 1.82) is 0 Å². The Labute approximate surface area is 184 Å². The summed E-state index contributed by atoms with van der Waals surface area (Å²) < 4.78 is 0. The number of hydrogen-bond acceptors (Lipinski definition) is 3. The van der Waals surface area contributed by atoms with E-state index < -0.39 is 6.10 Å². The van der Waals surface area contributed by atoms with Gasteiger partial charge < -0.3 is 5.11 Å². The second kappa shape index (κ2) is 10.4. The van der Waals surface area contributed by atoms with Crippen LogP contribution in [0.5, 0.6) is 0 Å². The molecule has 0 bridgehead atoms. The summed E-state index contributed by atoms with van der Waals surface area (Å²) in [6.45, 7) is 5.21. The third-order valence-electron chi connectivity index (χ3n) is 4.26. The Bertz CT molecular complexity index is 1110. The second-order valence-electron chi connectivity index (χ2n) is 6.91. The van der Waals surface area contributed by atoms with Crippen LogP contribution >= 0.6 is 0 Å². The van der Waals surface area contributed by atoms with Gasteiger partial charge in [0.1, 0.15) is 0 Å². The van der Waals surface area contributed by atoms with E-state index in [0.717, 1.165) is 28.0 Å². The summed E-state index contributed by atoms with van der Waals surface area (Å²) in [6.07, 6.45) is -0.0231. The molecule has 1 heterocycles. The van der Waals surface area contributed by atoms with Gasteiger partial charge in [-0.25, -0.2) is 0 Å². The quantitative estimate of drug-likeness (QED) is 0.219. The molecule has 0 aliphatic carbocycles. The van der Waals surface area contributed by atoms with Crippen LogP contribution < -0.4 is 0 Å². The summed E-state index contributed by atoms with van der Waals surface area (Å²) in [6, 6.07) is 23.6. The topological polar surface area (TPSA) is 67.4 Å². The summed E-state index contributed by atoms with van der Waals surface area (Å²) in [5, 5.41) is 10.9. The van der Waals surface area contributed by atoms with E-state index in [2.05, 4.69) is 30.3 Å². The minimum Gasteiger partial charge on any atom is -0.393 e. The average molecular weight is 565 g/mol. The molecule has 2 N–H and O–H groups in total. The van der Waals surface area contributed by atoms with Crippen LogP contribution in [0.15, 0.2) is 60.7 Å². The van der Waals surface area contributed by atoms with Gasteiger partial charge in [0.05, 0.1) is 23.6 Å². The first-order valence-electron chi connectivity index (χ1n) is 9.27. The fourth-order valence-corrected chi connectivity index (χ4v) is 3.05. The van der Waals surface area contributed by atoms with E-state index in [1.165, 1.54) is 10.8 Å². The summed E-state index contributed by atoms with van der Waals surface area (Å²) in [5.74, 6) is 0.287. The number of aliphatic hydroxyl groups excluding tert-OH is 1. The minimum atomic E-state index is -0.412. The van der Waals surface area contributed by atoms with Crippen LogP contribution in [-0.2, 0) is 20.1 Å². The Morgan fingerprint density at radius 2 is 1.62 bits per heavy atom. The van der Waals surface area contributed by atoms with Crippen molar-refractivity contribution in [3.8, 4) is 11.3 Å². The molecule has 0 aliphatic heterocycles. The van der Waals surface area contributed by atoms with Crippen molar-refractivity contribution in [1.82, 2.24) is 9.97 Å². The number of fused-ring (bicyclic) bond motifs is 2. The van der Waals surface area contributed by atoms with Crippen molar-refractivity contribution in [2.45, 2.75) is 33.3 Å². The fourth-order valence-electron chi connectivity index (χ4n) is 3.05. The molecule has 1 aromatic heterocycles. The molecule has 151 valence electrons. The van der Waals surface area contributed by atoms with Gasteiger partial charge in [-0.05, 0) is 36.8 Å². The predicted octanol–water partition coefficient (Wildman–Crippen LogP) is 4.88. The number of ketones is 1. The molecule has 1 unspecified atom stereocenters. The third-order valence-corrected chi connectivity index (χ3v) is 4.26. The Morgan fingerprint density at radius 1 is 1.03 bits per heavy atom. The van der Waals surface area contributed by atoms with Gasteiger partial charge in [0.15, 0.2) is 0 Å². The first-order valence-corrected chi connectivity index (χ1v) is 9.27. The molecule has 0 aliphatic rings. The van der Waals surface area contributed by atoms with Gasteiger partial charge in [-0.2, -0.15) is 0 Å². The van der Waals surface area contributed by atoms with E-state index in [4.69, 9.17) is 19.9 Å². The second-order valence-corrected chi connectivity index (χ2v) is 6.91. The molecule has 0 saturated carbocycles. The third kappa shape index (κ3) is 6.01. The predicted molar refractivity (Wildman–Crippen MR) is 115 cm³/mol. The van der Waals surface area contributed by atoms with Crippen molar-refractivity contribution in [3.05, 3.63) is 72.4 Å². The minimum absolute atomic E-state index is 0. The van der Waals surface area contributed by atoms with Crippen LogP contribution in [0.2, 0.25) is 0 Å². The van der Waals surface area contributed by atoms with E-state index in [-0.39, 0.29) is 25.9 Å². The van der Waals surface area contributed by atoms with Crippen molar-refractivity contribution >= 4 is 27.6 Å². The van der Waals surface area contributed by atoms with Crippen LogP contribution in [0.4, 0.5) is 0 Å². The number of carbonyl (C=O) groups excluding carboxylic acids is 1. The number of rotatable bonds is 3. The molecule has 4 aromatic rings. The molecule has 1 radical (unpaired) electrons. The molecule has 1 atom stereocenters. The van der Waals surface area contributed by atoms with Crippen LogP contribution in [-0.4, -0.2) is 31.8 Å². The molecule has 0 amide bonds. The van der Waals surface area contributed by atoms with E-state index >= 15 is 0 Å². The van der Waals surface area contributed by atoms with E-state index in [0.29, 0.717) is 6.42 Å². The SMILES string of the molecule is CC(=[OH+])CC(C)O.Cc1nc2cc3ccccc3cc2nc1-c1[c-]cccc1.[Ir]. The summed E-state index contributed by atoms with van der Waals surface area (Å²) in [5.41, 5.74) is 4.67. The number of aromatic nitrogens is 2. The summed E-state index contributed by atoms with van der Waals surface area (Å²) >= 11 is 0. The van der Waals surface area contributed by atoms with Gasteiger partial charge in [-0.3, -0.25) is 14.8 Å². The van der Waals surface area contributed by atoms with Crippen molar-refractivity contribution < 1.29 is 30.0 Å². The van der Waals surface area contributed by atoms with E-state index in [9.17, 15) is 0 Å². The average Bonchev–Trinajstić information content (AvgIpc) is 2.66. The maximum absolute atomic E-state index is 8.54. The van der Waals surface area contributed by atoms with Gasteiger partial charge in [0.2, 0.25) is 0 Å². The van der Waals surface area contributed by atoms with Gasteiger partial charge in [0, 0.05) is 38.4 Å². The van der Waals surface area contributed by atoms with E-state index in [1.807, 2.05) is 43.3 Å². The largest absolute Gasteiger partial charge is 0.393 e. The monoisotopic (exact) mass is 565 g/mol. The van der Waals surface area contributed by atoms with Gasteiger partial charge in [-0.1, -0.05) is 24.3 Å². The van der Waals surface area contributed by atoms with Crippen molar-refractivity contribution in [2.24, 2.45) is 0 Å². The van der Waals surface area contributed by atoms with Gasteiger partial charge >= 0.3 is 0 Å². The van der Waals surface area contributed by atoms with Crippen LogP contribution in [0.3, 0.4) is 0 Å². The van der Waals surface area contributed by atoms with Crippen molar-refractivity contribution in [3.63, 3.8) is 0 Å². The summed E-state index contributed by atoms with van der Waals surface area (Å²) in [4.78, 5) is 18.0. The number of benzene rings is 3. The number of aryl methyl sites for hydroxylation is 1. The maximum atomic E-state index is 8.54. The first kappa shape index (κ1) is 22.8. The standard InChI is InChI=1S/C19H13N2.C5H10O2.Ir/c1-13-19(14-7-3-2-4-8-14)21-18-12-16-10-6-5-9-15(16)11-17(18)20-13;1-4(6)3-5(2)7;/h2-7,9-12H,1H3;4,6H,3H2,1-2H3;/q-1;;/p+1. The van der Waals surface area contributed by atoms with E-state index in [1.54, 1.807) is 13.8 Å². The molecule has 4 nitrogen and oxygen atoms in total. The Kier molecular flexibility index (Phi) is 8.15. The molecule has 4 rings (SSSR count). The molecule has 5 heteroatoms. The molecule has 0 fully saturated rings. The van der Waals surface area contributed by atoms with Gasteiger partial charge in [0.25, 0.3) is 5.78 Å². The molecule has 3 aromatic carbocycles. The molecule has 29 heavy (non-hydrogen) atoms. The van der Waals surface area contributed by atoms with Crippen molar-refractivity contribution in [2.75, 3.05) is 0 Å². The Balaban J connectivity index is 0.000000327. The van der Waals surface area contributed by atoms with Crippen LogP contribution in [0, 0.1) is 13.0 Å². The van der Waals surface area contributed by atoms with Gasteiger partial charge in [-0.15, -0.1) is 35.9 Å². The number of hydrogen-bond donors (Lipinski definition) is 1. The van der Waals surface area contributed by atoms with Crippen LogP contribution in [0.25, 0.3) is 33.1 Å². The smallest absolute Gasteiger partial charge is 0.292 e. The zero-order chi connectivity index (χ0) is 20.1. The Hall–Kier alpha value is -2.46. The first-order chi connectivity index (χ1) is 13.4. The zero-order valence-electron chi connectivity index (χ0n) is 16.7. The summed E-state index contributed by atoms with van der Waals surface area (Å²) in [7, 11) is 0. The normalized spacial score (nSPS) is 11.3. The molecular weight excluding hydrogens is 540 g/mol. The zero-order valence-corrected chi connectivity index (χ0v) is 19.1. The van der Waals surface area contributed by atoms with Crippen LogP contribution in [0.1, 0.15) is 26.0 Å².